The molecule has 0 fully saturated rings. The third-order valence-corrected chi connectivity index (χ3v) is 3.22. The molecule has 7 heteroatoms. The van der Waals surface area contributed by atoms with Gasteiger partial charge in [-0.05, 0) is 24.6 Å². The highest BCUT2D eigenvalue weighted by molar-refractivity contribution is 6.07. The van der Waals surface area contributed by atoms with E-state index >= 15 is 0 Å². The number of aryl methyl sites for hydroxylation is 1. The molecular formula is C16H16N2O5. The molecule has 0 heterocycles. The fourth-order valence-electron chi connectivity index (χ4n) is 2.12. The number of hydrogen-bond acceptors (Lipinski definition) is 5. The second-order valence-electron chi connectivity index (χ2n) is 4.81. The molecule has 23 heavy (non-hydrogen) atoms. The number of rotatable bonds is 5. The molecule has 0 spiro atoms. The summed E-state index contributed by atoms with van der Waals surface area (Å²) in [6, 6.07) is 9.61. The van der Waals surface area contributed by atoms with E-state index in [0.29, 0.717) is 5.69 Å². The Morgan fingerprint density at radius 3 is 2.35 bits per heavy atom. The van der Waals surface area contributed by atoms with Gasteiger partial charge < -0.3 is 14.8 Å². The maximum atomic E-state index is 12.4. The van der Waals surface area contributed by atoms with Crippen LogP contribution in [0.2, 0.25) is 0 Å². The lowest BCUT2D eigenvalue weighted by molar-refractivity contribution is -0.385. The Kier molecular flexibility index (Phi) is 4.80. The SMILES string of the molecule is COc1cc(C(=O)Nc2cccc(C)c2)c([N+](=O)[O-])cc1OC. The molecule has 0 aromatic heterocycles. The van der Waals surface area contributed by atoms with Crippen LogP contribution in [0.1, 0.15) is 15.9 Å². The van der Waals surface area contributed by atoms with Crippen molar-refractivity contribution in [2.24, 2.45) is 0 Å². The lowest BCUT2D eigenvalue weighted by Crippen LogP contribution is -2.14. The Morgan fingerprint density at radius 1 is 1.13 bits per heavy atom. The quantitative estimate of drug-likeness (QED) is 0.676. The van der Waals surface area contributed by atoms with Crippen LogP contribution >= 0.6 is 0 Å². The molecule has 1 amide bonds. The van der Waals surface area contributed by atoms with Crippen molar-refractivity contribution < 1.29 is 19.2 Å². The van der Waals surface area contributed by atoms with Gasteiger partial charge in [-0.2, -0.15) is 0 Å². The molecule has 1 N–H and O–H groups in total. The van der Waals surface area contributed by atoms with Crippen molar-refractivity contribution in [1.82, 2.24) is 0 Å². The summed E-state index contributed by atoms with van der Waals surface area (Å²) in [7, 11) is 2.76. The molecule has 0 saturated carbocycles. The minimum absolute atomic E-state index is 0.103. The van der Waals surface area contributed by atoms with Crippen molar-refractivity contribution in [3.63, 3.8) is 0 Å². The first-order valence-electron chi connectivity index (χ1n) is 6.74. The molecule has 0 atom stereocenters. The van der Waals surface area contributed by atoms with Gasteiger partial charge in [0.1, 0.15) is 5.56 Å². The molecule has 0 aliphatic heterocycles. The highest BCUT2D eigenvalue weighted by Crippen LogP contribution is 2.34. The molecule has 0 saturated heterocycles. The maximum absolute atomic E-state index is 12.4. The number of carbonyl (C=O) groups excluding carboxylic acids is 1. The van der Waals surface area contributed by atoms with E-state index in [-0.39, 0.29) is 22.7 Å². The number of amides is 1. The fraction of sp³-hybridized carbons (Fsp3) is 0.188. The Labute approximate surface area is 133 Å². The zero-order valence-corrected chi connectivity index (χ0v) is 13.0. The molecular weight excluding hydrogens is 300 g/mol. The van der Waals surface area contributed by atoms with Gasteiger partial charge in [-0.25, -0.2) is 0 Å². The van der Waals surface area contributed by atoms with Crippen LogP contribution in [-0.4, -0.2) is 25.1 Å². The van der Waals surface area contributed by atoms with Crippen molar-refractivity contribution >= 4 is 17.3 Å². The van der Waals surface area contributed by atoms with Crippen LogP contribution < -0.4 is 14.8 Å². The lowest BCUT2D eigenvalue weighted by Gasteiger charge is -2.11. The van der Waals surface area contributed by atoms with Gasteiger partial charge in [0.15, 0.2) is 11.5 Å². The summed E-state index contributed by atoms with van der Waals surface area (Å²) in [5.41, 5.74) is 1.06. The number of benzene rings is 2. The predicted molar refractivity (Wildman–Crippen MR) is 85.3 cm³/mol. The summed E-state index contributed by atoms with van der Waals surface area (Å²) in [5, 5.41) is 13.9. The Bertz CT molecular complexity index is 758. The van der Waals surface area contributed by atoms with E-state index in [0.717, 1.165) is 5.56 Å². The molecule has 0 bridgehead atoms. The smallest absolute Gasteiger partial charge is 0.286 e. The standard InChI is InChI=1S/C16H16N2O5/c1-10-5-4-6-11(7-10)17-16(19)12-8-14(22-2)15(23-3)9-13(12)18(20)21/h4-9H,1-3H3,(H,17,19). The van der Waals surface area contributed by atoms with Crippen LogP contribution in [0.15, 0.2) is 36.4 Å². The van der Waals surface area contributed by atoms with Crippen LogP contribution in [0.3, 0.4) is 0 Å². The molecule has 0 radical (unpaired) electrons. The number of nitro benzene ring substituents is 1. The van der Waals surface area contributed by atoms with E-state index in [1.807, 2.05) is 13.0 Å². The Morgan fingerprint density at radius 2 is 1.78 bits per heavy atom. The van der Waals surface area contributed by atoms with Crippen LogP contribution in [0, 0.1) is 17.0 Å². The zero-order chi connectivity index (χ0) is 17.0. The number of ether oxygens (including phenoxy) is 2. The highest BCUT2D eigenvalue weighted by atomic mass is 16.6. The van der Waals surface area contributed by atoms with Gasteiger partial charge in [-0.3, -0.25) is 14.9 Å². The van der Waals surface area contributed by atoms with E-state index in [4.69, 9.17) is 9.47 Å². The monoisotopic (exact) mass is 316 g/mol. The van der Waals surface area contributed by atoms with Gasteiger partial charge in [0.25, 0.3) is 11.6 Å². The number of hydrogen-bond donors (Lipinski definition) is 1. The number of nitro groups is 1. The second-order valence-corrected chi connectivity index (χ2v) is 4.81. The highest BCUT2D eigenvalue weighted by Gasteiger charge is 2.24. The Hall–Kier alpha value is -3.09. The zero-order valence-electron chi connectivity index (χ0n) is 13.0. The third kappa shape index (κ3) is 3.57. The van der Waals surface area contributed by atoms with Crippen molar-refractivity contribution in [3.8, 4) is 11.5 Å². The van der Waals surface area contributed by atoms with Crippen LogP contribution in [0.5, 0.6) is 11.5 Å². The molecule has 0 aliphatic carbocycles. The van der Waals surface area contributed by atoms with Crippen molar-refractivity contribution in [2.75, 3.05) is 19.5 Å². The summed E-state index contributed by atoms with van der Waals surface area (Å²) in [4.78, 5) is 23.0. The first-order chi connectivity index (χ1) is 11.0. The van der Waals surface area contributed by atoms with E-state index in [1.165, 1.54) is 26.4 Å². The van der Waals surface area contributed by atoms with Gasteiger partial charge in [0.05, 0.1) is 25.2 Å². The molecule has 120 valence electrons. The first-order valence-corrected chi connectivity index (χ1v) is 6.74. The van der Waals surface area contributed by atoms with Crippen LogP contribution in [0.4, 0.5) is 11.4 Å². The Balaban J connectivity index is 2.44. The van der Waals surface area contributed by atoms with E-state index in [9.17, 15) is 14.9 Å². The van der Waals surface area contributed by atoms with Crippen molar-refractivity contribution in [2.45, 2.75) is 6.92 Å². The summed E-state index contributed by atoms with van der Waals surface area (Å²) in [5.74, 6) is -0.165. The van der Waals surface area contributed by atoms with Crippen LogP contribution in [-0.2, 0) is 0 Å². The largest absolute Gasteiger partial charge is 0.493 e. The predicted octanol–water partition coefficient (Wildman–Crippen LogP) is 3.17. The van der Waals surface area contributed by atoms with Gasteiger partial charge in [0.2, 0.25) is 0 Å². The molecule has 2 rings (SSSR count). The fourth-order valence-corrected chi connectivity index (χ4v) is 2.12. The molecule has 2 aromatic rings. The molecule has 7 nitrogen and oxygen atoms in total. The number of methoxy groups -OCH3 is 2. The van der Waals surface area contributed by atoms with Gasteiger partial charge in [-0.15, -0.1) is 0 Å². The van der Waals surface area contributed by atoms with Gasteiger partial charge in [-0.1, -0.05) is 12.1 Å². The average molecular weight is 316 g/mol. The third-order valence-electron chi connectivity index (χ3n) is 3.22. The molecule has 2 aromatic carbocycles. The van der Waals surface area contributed by atoms with Crippen molar-refractivity contribution in [1.29, 1.82) is 0 Å². The summed E-state index contributed by atoms with van der Waals surface area (Å²) < 4.78 is 10.1. The summed E-state index contributed by atoms with van der Waals surface area (Å²) in [6.07, 6.45) is 0. The first kappa shape index (κ1) is 16.3. The summed E-state index contributed by atoms with van der Waals surface area (Å²) >= 11 is 0. The minimum atomic E-state index is -0.632. The van der Waals surface area contributed by atoms with Gasteiger partial charge in [0, 0.05) is 11.8 Å². The second kappa shape index (κ2) is 6.78. The topological polar surface area (TPSA) is 90.7 Å². The molecule has 0 aliphatic rings. The number of nitrogens with one attached hydrogen (secondary N) is 1. The van der Waals surface area contributed by atoms with E-state index < -0.39 is 10.8 Å². The van der Waals surface area contributed by atoms with E-state index in [2.05, 4.69) is 5.32 Å². The van der Waals surface area contributed by atoms with E-state index in [1.54, 1.807) is 18.2 Å². The normalized spacial score (nSPS) is 10.0. The number of carbonyl (C=O) groups is 1. The summed E-state index contributed by atoms with van der Waals surface area (Å²) in [6.45, 7) is 1.88. The lowest BCUT2D eigenvalue weighted by atomic mass is 10.1. The van der Waals surface area contributed by atoms with Gasteiger partial charge >= 0.3 is 0 Å². The van der Waals surface area contributed by atoms with Crippen LogP contribution in [0.25, 0.3) is 0 Å². The number of anilines is 1. The minimum Gasteiger partial charge on any atom is -0.493 e. The average Bonchev–Trinajstić information content (AvgIpc) is 2.53. The maximum Gasteiger partial charge on any atom is 0.286 e. The number of nitrogens with zero attached hydrogens (tertiary/aromatic N) is 1. The molecule has 0 unspecified atom stereocenters. The van der Waals surface area contributed by atoms with Crippen molar-refractivity contribution in [3.05, 3.63) is 57.6 Å².